The molecule has 0 aromatic carbocycles. The van der Waals surface area contributed by atoms with E-state index in [1.165, 1.54) is 0 Å². The molecular weight excluding hydrogens is 637 g/mol. The van der Waals surface area contributed by atoms with Gasteiger partial charge in [-0.3, -0.25) is 0 Å². The molecule has 248 valence electrons. The topological polar surface area (TPSA) is 159 Å². The summed E-state index contributed by atoms with van der Waals surface area (Å²) < 4.78 is 42.0. The second-order valence-electron chi connectivity index (χ2n) is 14.3. The summed E-state index contributed by atoms with van der Waals surface area (Å²) in [4.78, 5) is 0. The van der Waals surface area contributed by atoms with E-state index in [4.69, 9.17) is 47.6 Å². The first-order valence-corrected chi connectivity index (χ1v) is 35.2. The predicted molar refractivity (Wildman–Crippen MR) is 191 cm³/mol. The van der Waals surface area contributed by atoms with Gasteiger partial charge in [0.05, 0.1) is 0 Å². The first-order valence-electron chi connectivity index (χ1n) is 15.5. The average molecular weight is 705 g/mol. The van der Waals surface area contributed by atoms with Gasteiger partial charge in [-0.1, -0.05) is 0 Å². The smallest absolute Gasteiger partial charge is 0.317 e. The summed E-state index contributed by atoms with van der Waals surface area (Å²) in [5.74, 6) is 0. The molecule has 0 radical (unpaired) electrons. The van der Waals surface area contributed by atoms with Crippen LogP contribution in [0.5, 0.6) is 0 Å². The van der Waals surface area contributed by atoms with Crippen molar-refractivity contribution in [2.24, 2.45) is 22.9 Å². The van der Waals surface area contributed by atoms with Crippen LogP contribution >= 0.6 is 0 Å². The molecule has 0 bridgehead atoms. The molecule has 17 heteroatoms. The van der Waals surface area contributed by atoms with Crippen LogP contribution in [0.1, 0.15) is 25.7 Å². The Morgan fingerprint density at radius 2 is 0.585 bits per heavy atom. The molecule has 0 amide bonds. The third-order valence-electron chi connectivity index (χ3n) is 6.17. The third kappa shape index (κ3) is 19.3. The number of hydrogen-bond acceptors (Lipinski definition) is 10. The maximum atomic E-state index is 7.28. The van der Waals surface area contributed by atoms with E-state index < -0.39 is 59.4 Å². The van der Waals surface area contributed by atoms with Gasteiger partial charge in [-0.25, -0.2) is 0 Å². The molecule has 0 aliphatic carbocycles. The lowest BCUT2D eigenvalue weighted by atomic mass is 10.5. The van der Waals surface area contributed by atoms with Gasteiger partial charge < -0.3 is 47.6 Å². The van der Waals surface area contributed by atoms with Crippen LogP contribution in [-0.2, 0) is 24.7 Å². The number of hydrogen-bond donors (Lipinski definition) is 4. The third-order valence-corrected chi connectivity index (χ3v) is 33.9. The first-order chi connectivity index (χ1) is 18.5. The minimum absolute atomic E-state index is 0.569. The van der Waals surface area contributed by atoms with Gasteiger partial charge in [0.1, 0.15) is 0 Å². The van der Waals surface area contributed by atoms with E-state index in [0.29, 0.717) is 26.2 Å². The molecule has 41 heavy (non-hydrogen) atoms. The lowest BCUT2D eigenvalue weighted by molar-refractivity contribution is 0.256. The lowest BCUT2D eigenvalue weighted by Crippen LogP contribution is -2.63. The fraction of sp³-hybridized carbons (Fsp3) is 1.00. The highest BCUT2D eigenvalue weighted by molar-refractivity contribution is 6.92. The summed E-state index contributed by atoms with van der Waals surface area (Å²) in [5, 5.41) is 0. The van der Waals surface area contributed by atoms with E-state index in [-0.39, 0.29) is 0 Å². The van der Waals surface area contributed by atoms with Crippen molar-refractivity contribution in [1.29, 1.82) is 0 Å². The van der Waals surface area contributed by atoms with Gasteiger partial charge in [0, 0.05) is 0 Å². The minimum atomic E-state index is -2.85. The molecule has 0 fully saturated rings. The van der Waals surface area contributed by atoms with Gasteiger partial charge in [0.25, 0.3) is 0 Å². The highest BCUT2D eigenvalue weighted by Gasteiger charge is 2.52. The standard InChI is InChI=1S/C24H68N4O6Si7/c1-35(2,3)29-37(7,8)31-39(10,22-14-18-26)33-41(12,24-16-20-28)34-40(11,23-15-19-27)32-38(9,21-13-17-25)30-36(4,5)6/h13-28H2,1-12H3. The van der Waals surface area contributed by atoms with Crippen LogP contribution in [0.25, 0.3) is 0 Å². The van der Waals surface area contributed by atoms with Gasteiger partial charge in [-0.15, -0.1) is 0 Å². The fourth-order valence-electron chi connectivity index (χ4n) is 5.48. The van der Waals surface area contributed by atoms with Crippen molar-refractivity contribution in [3.8, 4) is 0 Å². The molecule has 0 saturated carbocycles. The van der Waals surface area contributed by atoms with Gasteiger partial charge in [0.2, 0.25) is 0 Å². The SMILES string of the molecule is C[Si](C)(C)O[Si](C)(C)O[Si](C)(CCCN)O[Si](C)(CCCN)O[Si](C)(CCCN)O[Si](C)(CCCN)O[Si](C)(C)C. The van der Waals surface area contributed by atoms with Gasteiger partial charge in [-0.2, -0.15) is 0 Å². The second kappa shape index (κ2) is 17.7. The summed E-state index contributed by atoms with van der Waals surface area (Å²) >= 11 is 0. The Kier molecular flexibility index (Phi) is 18.2. The molecule has 8 N–H and O–H groups in total. The van der Waals surface area contributed by atoms with Crippen LogP contribution in [0.3, 0.4) is 0 Å². The maximum Gasteiger partial charge on any atom is 0.317 e. The Hall–Kier alpha value is 1.12. The van der Waals surface area contributed by atoms with Crippen LogP contribution in [0.15, 0.2) is 0 Å². The van der Waals surface area contributed by atoms with Crippen LogP contribution in [-0.4, -0.2) is 85.6 Å². The molecule has 4 unspecified atom stereocenters. The lowest BCUT2D eigenvalue weighted by Gasteiger charge is -2.47. The van der Waals surface area contributed by atoms with E-state index in [1.54, 1.807) is 0 Å². The van der Waals surface area contributed by atoms with Gasteiger partial charge in [-0.05, 0) is 155 Å². The summed E-state index contributed by atoms with van der Waals surface area (Å²) in [6.07, 6.45) is 3.32. The van der Waals surface area contributed by atoms with Crippen molar-refractivity contribution in [2.75, 3.05) is 26.2 Å². The van der Waals surface area contributed by atoms with Crippen molar-refractivity contribution in [3.05, 3.63) is 0 Å². The van der Waals surface area contributed by atoms with Crippen molar-refractivity contribution in [2.45, 2.75) is 128 Å². The van der Waals surface area contributed by atoms with Crippen molar-refractivity contribution < 1.29 is 24.7 Å². The predicted octanol–water partition coefficient (Wildman–Crippen LogP) is 5.14. The monoisotopic (exact) mass is 704 g/mol. The average Bonchev–Trinajstić information content (AvgIpc) is 2.75. The largest absolute Gasteiger partial charge is 0.437 e. The minimum Gasteiger partial charge on any atom is -0.437 e. The molecule has 0 aromatic rings. The van der Waals surface area contributed by atoms with E-state index >= 15 is 0 Å². The first kappa shape index (κ1) is 42.1. The highest BCUT2D eigenvalue weighted by Crippen LogP contribution is 2.35. The van der Waals surface area contributed by atoms with E-state index in [2.05, 4.69) is 78.6 Å². The molecule has 0 aliphatic rings. The molecular formula is C24H68N4O6Si7. The van der Waals surface area contributed by atoms with Crippen molar-refractivity contribution in [1.82, 2.24) is 0 Å². The van der Waals surface area contributed by atoms with E-state index in [1.807, 2.05) is 0 Å². The van der Waals surface area contributed by atoms with Crippen LogP contribution in [0, 0.1) is 0 Å². The summed E-state index contributed by atoms with van der Waals surface area (Å²) in [6.45, 7) is 28.5. The highest BCUT2D eigenvalue weighted by atomic mass is 28.5. The van der Waals surface area contributed by atoms with E-state index in [0.717, 1.165) is 49.9 Å². The van der Waals surface area contributed by atoms with Crippen molar-refractivity contribution >= 4 is 59.4 Å². The number of nitrogens with two attached hydrogens (primary N) is 4. The van der Waals surface area contributed by atoms with Crippen LogP contribution in [0.4, 0.5) is 0 Å². The summed E-state index contributed by atoms with van der Waals surface area (Å²) in [6, 6.07) is 3.16. The molecule has 0 aromatic heterocycles. The van der Waals surface area contributed by atoms with Gasteiger partial charge in [0.15, 0.2) is 16.6 Å². The molecule has 10 nitrogen and oxygen atoms in total. The molecule has 0 heterocycles. The molecule has 0 spiro atoms. The Morgan fingerprint density at radius 3 is 0.829 bits per heavy atom. The normalized spacial score (nSPS) is 19.3. The zero-order valence-corrected chi connectivity index (χ0v) is 35.7. The Labute approximate surface area is 260 Å². The van der Waals surface area contributed by atoms with Crippen LogP contribution in [0.2, 0.25) is 103 Å². The Bertz CT molecular complexity index is 752. The maximum absolute atomic E-state index is 7.28. The fourth-order valence-corrected chi connectivity index (χ4v) is 41.0. The van der Waals surface area contributed by atoms with Crippen molar-refractivity contribution in [3.63, 3.8) is 0 Å². The van der Waals surface area contributed by atoms with Gasteiger partial charge >= 0.3 is 42.8 Å². The zero-order chi connectivity index (χ0) is 32.2. The van der Waals surface area contributed by atoms with Crippen LogP contribution < -0.4 is 22.9 Å². The quantitative estimate of drug-likeness (QED) is 0.0991. The summed E-state index contributed by atoms with van der Waals surface area (Å²) in [7, 11) is -17.2. The molecule has 0 saturated heterocycles. The second-order valence-corrected chi connectivity index (χ2v) is 41.6. The Morgan fingerprint density at radius 1 is 0.341 bits per heavy atom. The molecule has 0 rings (SSSR count). The summed E-state index contributed by atoms with van der Waals surface area (Å²) in [5.41, 5.74) is 24.0. The Balaban J connectivity index is 6.53. The molecule has 4 atom stereocenters. The molecule has 0 aliphatic heterocycles. The number of rotatable bonds is 24. The zero-order valence-electron chi connectivity index (χ0n) is 28.7. The van der Waals surface area contributed by atoms with E-state index in [9.17, 15) is 0 Å².